The van der Waals surface area contributed by atoms with Crippen LogP contribution in [0.3, 0.4) is 0 Å². The maximum absolute atomic E-state index is 12.4. The lowest BCUT2D eigenvalue weighted by Gasteiger charge is -2.13. The Morgan fingerprint density at radius 2 is 1.86 bits per heavy atom. The summed E-state index contributed by atoms with van der Waals surface area (Å²) in [7, 11) is -3.68. The number of hydrogen-bond acceptors (Lipinski definition) is 7. The highest BCUT2D eigenvalue weighted by atomic mass is 32.2. The first-order valence-electron chi connectivity index (χ1n) is 6.20. The summed E-state index contributed by atoms with van der Waals surface area (Å²) < 4.78 is 32.1. The number of aryl methyl sites for hydroxylation is 3. The zero-order valence-corrected chi connectivity index (χ0v) is 12.8. The topological polar surface area (TPSA) is 123 Å². The molecule has 0 fully saturated rings. The second-order valence-electron chi connectivity index (χ2n) is 4.64. The van der Waals surface area contributed by atoms with Crippen LogP contribution in [0.4, 0.5) is 5.69 Å². The van der Waals surface area contributed by atoms with Gasteiger partial charge in [-0.05, 0) is 44.0 Å². The summed E-state index contributed by atoms with van der Waals surface area (Å²) in [5.74, 6) is 6.01. The van der Waals surface area contributed by atoms with E-state index in [0.29, 0.717) is 22.6 Å². The largest absolute Gasteiger partial charge is 0.338 e. The number of aromatic nitrogens is 2. The van der Waals surface area contributed by atoms with Gasteiger partial charge in [0.2, 0.25) is 15.9 Å². The van der Waals surface area contributed by atoms with Crippen LogP contribution in [-0.2, 0) is 16.6 Å². The van der Waals surface area contributed by atoms with Crippen LogP contribution in [0.2, 0.25) is 0 Å². The first-order chi connectivity index (χ1) is 9.83. The predicted molar refractivity (Wildman–Crippen MR) is 76.8 cm³/mol. The summed E-state index contributed by atoms with van der Waals surface area (Å²) >= 11 is 0. The molecule has 0 aliphatic carbocycles. The van der Waals surface area contributed by atoms with Crippen LogP contribution in [0.1, 0.15) is 22.8 Å². The molecule has 0 saturated carbocycles. The number of nitrogens with one attached hydrogen (secondary N) is 2. The molecule has 0 amide bonds. The van der Waals surface area contributed by atoms with E-state index in [2.05, 4.69) is 20.3 Å². The number of nitrogens with two attached hydrogens (primary N) is 1. The molecule has 2 rings (SSSR count). The number of hydrogen-bond donors (Lipinski definition) is 3. The fourth-order valence-corrected chi connectivity index (χ4v) is 3.52. The predicted octanol–water partition coefficient (Wildman–Crippen LogP) is 0.759. The molecule has 1 aromatic heterocycles. The molecule has 0 spiro atoms. The quantitative estimate of drug-likeness (QED) is 0.550. The minimum atomic E-state index is -3.68. The number of hydrazine groups is 1. The van der Waals surface area contributed by atoms with Gasteiger partial charge in [-0.3, -0.25) is 5.84 Å². The standard InChI is InChI=1S/C12H17N5O3S/c1-7-4-10(16-13)5-8(2)12(7)21(18,19)14-6-11-15-9(3)17-20-11/h4-5,14,16H,6,13H2,1-3H3. The molecule has 0 atom stereocenters. The molecule has 114 valence electrons. The summed E-state index contributed by atoms with van der Waals surface area (Å²) in [4.78, 5) is 4.17. The Hall–Kier alpha value is -1.97. The monoisotopic (exact) mass is 311 g/mol. The maximum Gasteiger partial charge on any atom is 0.241 e. The maximum atomic E-state index is 12.4. The molecule has 0 radical (unpaired) electrons. The molecular formula is C12H17N5O3S. The van der Waals surface area contributed by atoms with E-state index in [4.69, 9.17) is 10.4 Å². The van der Waals surface area contributed by atoms with Crippen molar-refractivity contribution in [2.45, 2.75) is 32.2 Å². The van der Waals surface area contributed by atoms with E-state index in [1.165, 1.54) is 0 Å². The van der Waals surface area contributed by atoms with Gasteiger partial charge in [0.1, 0.15) is 0 Å². The van der Waals surface area contributed by atoms with Gasteiger partial charge in [-0.2, -0.15) is 4.98 Å². The molecule has 4 N–H and O–H groups in total. The summed E-state index contributed by atoms with van der Waals surface area (Å²) in [5.41, 5.74) is 4.34. The Morgan fingerprint density at radius 1 is 1.24 bits per heavy atom. The van der Waals surface area contributed by atoms with E-state index in [9.17, 15) is 8.42 Å². The molecule has 9 heteroatoms. The van der Waals surface area contributed by atoms with Crippen LogP contribution in [0.25, 0.3) is 0 Å². The lowest BCUT2D eigenvalue weighted by Crippen LogP contribution is -2.25. The minimum Gasteiger partial charge on any atom is -0.338 e. The summed E-state index contributed by atoms with van der Waals surface area (Å²) in [5, 5.41) is 3.60. The molecule has 0 aliphatic rings. The molecule has 2 aromatic rings. The fourth-order valence-electron chi connectivity index (χ4n) is 2.10. The minimum absolute atomic E-state index is 0.0566. The summed E-state index contributed by atoms with van der Waals surface area (Å²) in [6.45, 7) is 5.02. The van der Waals surface area contributed by atoms with E-state index in [1.54, 1.807) is 32.9 Å². The van der Waals surface area contributed by atoms with E-state index in [1.807, 2.05) is 0 Å². The number of nitrogens with zero attached hydrogens (tertiary/aromatic N) is 2. The van der Waals surface area contributed by atoms with Gasteiger partial charge in [-0.15, -0.1) is 0 Å². The SMILES string of the molecule is Cc1noc(CNS(=O)(=O)c2c(C)cc(NN)cc2C)n1. The third-order valence-corrected chi connectivity index (χ3v) is 4.58. The van der Waals surface area contributed by atoms with Crippen molar-refractivity contribution in [3.05, 3.63) is 35.0 Å². The normalized spacial score (nSPS) is 11.6. The van der Waals surface area contributed by atoms with Gasteiger partial charge < -0.3 is 9.95 Å². The molecular weight excluding hydrogens is 294 g/mol. The Labute approximate surface area is 122 Å². The summed E-state index contributed by atoms with van der Waals surface area (Å²) in [6.07, 6.45) is 0. The van der Waals surface area contributed by atoms with Crippen molar-refractivity contribution >= 4 is 15.7 Å². The molecule has 0 bridgehead atoms. The number of nitrogen functional groups attached to an aromatic ring is 1. The molecule has 1 heterocycles. The van der Waals surface area contributed by atoms with Crippen molar-refractivity contribution in [1.82, 2.24) is 14.9 Å². The van der Waals surface area contributed by atoms with E-state index >= 15 is 0 Å². The average molecular weight is 311 g/mol. The Balaban J connectivity index is 2.27. The highest BCUT2D eigenvalue weighted by Crippen LogP contribution is 2.24. The fraction of sp³-hybridized carbons (Fsp3) is 0.333. The highest BCUT2D eigenvalue weighted by molar-refractivity contribution is 7.89. The number of sulfonamides is 1. The number of anilines is 1. The zero-order chi connectivity index (χ0) is 15.6. The number of benzene rings is 1. The van der Waals surface area contributed by atoms with Crippen LogP contribution >= 0.6 is 0 Å². The van der Waals surface area contributed by atoms with E-state index in [0.717, 1.165) is 0 Å². The molecule has 0 unspecified atom stereocenters. The molecule has 21 heavy (non-hydrogen) atoms. The van der Waals surface area contributed by atoms with Crippen molar-refractivity contribution in [2.75, 3.05) is 5.43 Å². The van der Waals surface area contributed by atoms with Crippen LogP contribution in [0.15, 0.2) is 21.6 Å². The van der Waals surface area contributed by atoms with Gasteiger partial charge in [-0.25, -0.2) is 13.1 Å². The lowest BCUT2D eigenvalue weighted by atomic mass is 10.1. The van der Waals surface area contributed by atoms with Crippen molar-refractivity contribution in [1.29, 1.82) is 0 Å². The van der Waals surface area contributed by atoms with Crippen molar-refractivity contribution in [3.8, 4) is 0 Å². The van der Waals surface area contributed by atoms with Gasteiger partial charge >= 0.3 is 0 Å². The zero-order valence-electron chi connectivity index (χ0n) is 12.0. The van der Waals surface area contributed by atoms with Gasteiger partial charge in [0.25, 0.3) is 0 Å². The van der Waals surface area contributed by atoms with Crippen LogP contribution in [-0.4, -0.2) is 18.6 Å². The first-order valence-corrected chi connectivity index (χ1v) is 7.68. The third kappa shape index (κ3) is 3.38. The smallest absolute Gasteiger partial charge is 0.241 e. The van der Waals surface area contributed by atoms with E-state index in [-0.39, 0.29) is 17.3 Å². The summed E-state index contributed by atoms with van der Waals surface area (Å²) in [6, 6.07) is 3.33. The van der Waals surface area contributed by atoms with Crippen LogP contribution in [0, 0.1) is 20.8 Å². The van der Waals surface area contributed by atoms with E-state index < -0.39 is 10.0 Å². The Morgan fingerprint density at radius 3 is 2.33 bits per heavy atom. The van der Waals surface area contributed by atoms with Crippen molar-refractivity contribution in [3.63, 3.8) is 0 Å². The lowest BCUT2D eigenvalue weighted by molar-refractivity contribution is 0.372. The Bertz CT molecular complexity index is 731. The molecule has 0 saturated heterocycles. The molecule has 1 aromatic carbocycles. The third-order valence-electron chi connectivity index (χ3n) is 2.88. The van der Waals surface area contributed by atoms with Gasteiger partial charge in [0.05, 0.1) is 11.4 Å². The highest BCUT2D eigenvalue weighted by Gasteiger charge is 2.21. The van der Waals surface area contributed by atoms with Crippen molar-refractivity contribution in [2.24, 2.45) is 5.84 Å². The Kier molecular flexibility index (Phi) is 4.26. The van der Waals surface area contributed by atoms with Crippen LogP contribution in [0.5, 0.6) is 0 Å². The van der Waals surface area contributed by atoms with Gasteiger partial charge in [-0.1, -0.05) is 5.16 Å². The van der Waals surface area contributed by atoms with Gasteiger partial charge in [0, 0.05) is 5.69 Å². The molecule has 8 nitrogen and oxygen atoms in total. The second-order valence-corrected chi connectivity index (χ2v) is 6.35. The van der Waals surface area contributed by atoms with Gasteiger partial charge in [0.15, 0.2) is 5.82 Å². The first kappa shape index (κ1) is 15.4. The molecule has 0 aliphatic heterocycles. The van der Waals surface area contributed by atoms with Crippen LogP contribution < -0.4 is 16.0 Å². The average Bonchev–Trinajstić information content (AvgIpc) is 2.81. The van der Waals surface area contributed by atoms with Crippen molar-refractivity contribution < 1.29 is 12.9 Å². The number of rotatable bonds is 5. The second kappa shape index (κ2) is 5.80.